The molecule has 0 aliphatic rings. The highest BCUT2D eigenvalue weighted by atomic mass is 32.2. The topological polar surface area (TPSA) is 123 Å². The fourth-order valence-corrected chi connectivity index (χ4v) is 0.835. The van der Waals surface area contributed by atoms with E-state index in [1.807, 2.05) is 0 Å². The number of primary amides is 1. The summed E-state index contributed by atoms with van der Waals surface area (Å²) in [6.45, 7) is 3.33. The highest BCUT2D eigenvalue weighted by Gasteiger charge is 2.13. The summed E-state index contributed by atoms with van der Waals surface area (Å²) < 4.78 is 30.6. The fraction of sp³-hybridized carbons (Fsp3) is 0.429. The molecule has 0 spiro atoms. The van der Waals surface area contributed by atoms with E-state index in [0.717, 1.165) is 0 Å². The number of aromatic nitrogens is 1. The van der Waals surface area contributed by atoms with Gasteiger partial charge in [-0.2, -0.15) is 8.42 Å². The lowest BCUT2D eigenvalue weighted by atomic mass is 10.2. The van der Waals surface area contributed by atoms with E-state index in [1.165, 1.54) is 0 Å². The molecule has 7 nitrogen and oxygen atoms in total. The van der Waals surface area contributed by atoms with Crippen molar-refractivity contribution in [1.29, 1.82) is 0 Å². The Labute approximate surface area is 87.0 Å². The predicted octanol–water partition coefficient (Wildman–Crippen LogP) is -0.106. The van der Waals surface area contributed by atoms with Gasteiger partial charge in [0.15, 0.2) is 0 Å². The van der Waals surface area contributed by atoms with Gasteiger partial charge in [0.05, 0.1) is 11.9 Å². The van der Waals surface area contributed by atoms with Gasteiger partial charge < -0.3 is 10.3 Å². The van der Waals surface area contributed by atoms with Gasteiger partial charge in [-0.15, -0.1) is 0 Å². The van der Waals surface area contributed by atoms with Crippen LogP contribution in [0.25, 0.3) is 0 Å². The molecule has 0 aliphatic heterocycles. The van der Waals surface area contributed by atoms with E-state index < -0.39 is 16.0 Å². The van der Waals surface area contributed by atoms with Crippen molar-refractivity contribution in [3.63, 3.8) is 0 Å². The largest absolute Gasteiger partial charge is 0.365 e. The average molecular weight is 236 g/mol. The van der Waals surface area contributed by atoms with Gasteiger partial charge in [0.2, 0.25) is 0 Å². The van der Waals surface area contributed by atoms with Crippen molar-refractivity contribution < 1.29 is 22.3 Å². The van der Waals surface area contributed by atoms with Gasteiger partial charge in [-0.1, -0.05) is 5.16 Å². The van der Waals surface area contributed by atoms with Crippen LogP contribution >= 0.6 is 0 Å². The molecule has 0 saturated carbocycles. The second-order valence-electron chi connectivity index (χ2n) is 2.80. The van der Waals surface area contributed by atoms with E-state index in [4.69, 9.17) is 14.8 Å². The maximum absolute atomic E-state index is 10.6. The van der Waals surface area contributed by atoms with Crippen LogP contribution in [0.15, 0.2) is 4.52 Å². The SMILES string of the molecule is CS(=O)(=O)O.Cc1noc(C)c1C(N)=O. The second kappa shape index (κ2) is 4.89. The Hall–Kier alpha value is -1.41. The normalized spacial score (nSPS) is 10.4. The molecule has 86 valence electrons. The molecule has 3 N–H and O–H groups in total. The van der Waals surface area contributed by atoms with Gasteiger partial charge in [0, 0.05) is 0 Å². The molecule has 1 aromatic heterocycles. The molecule has 0 aliphatic carbocycles. The lowest BCUT2D eigenvalue weighted by Crippen LogP contribution is -2.12. The molecule has 0 radical (unpaired) electrons. The average Bonchev–Trinajstić information content (AvgIpc) is 2.26. The van der Waals surface area contributed by atoms with E-state index in [2.05, 4.69) is 5.16 Å². The number of rotatable bonds is 1. The Kier molecular flexibility index (Phi) is 4.43. The van der Waals surface area contributed by atoms with Gasteiger partial charge in [-0.25, -0.2) is 0 Å². The van der Waals surface area contributed by atoms with Crippen LogP contribution in [0.2, 0.25) is 0 Å². The Morgan fingerprint density at radius 2 is 1.87 bits per heavy atom. The van der Waals surface area contributed by atoms with Crippen LogP contribution in [-0.2, 0) is 10.1 Å². The maximum atomic E-state index is 10.6. The molecule has 1 heterocycles. The molecule has 15 heavy (non-hydrogen) atoms. The number of carbonyl (C=O) groups excluding carboxylic acids is 1. The predicted molar refractivity (Wildman–Crippen MR) is 52.0 cm³/mol. The van der Waals surface area contributed by atoms with Gasteiger partial charge in [0.1, 0.15) is 11.3 Å². The van der Waals surface area contributed by atoms with Crippen LogP contribution in [0.1, 0.15) is 21.8 Å². The highest BCUT2D eigenvalue weighted by Crippen LogP contribution is 2.09. The molecule has 0 aromatic carbocycles. The summed E-state index contributed by atoms with van der Waals surface area (Å²) in [5, 5.41) is 3.56. The minimum atomic E-state index is -3.67. The maximum Gasteiger partial charge on any atom is 0.261 e. The molecular formula is C7H12N2O5S. The lowest BCUT2D eigenvalue weighted by Gasteiger charge is -1.88. The number of carbonyl (C=O) groups is 1. The van der Waals surface area contributed by atoms with E-state index in [0.29, 0.717) is 23.3 Å². The number of nitrogens with zero attached hydrogens (tertiary/aromatic N) is 1. The molecule has 8 heteroatoms. The molecule has 0 unspecified atom stereocenters. The summed E-state index contributed by atoms with van der Waals surface area (Å²) in [7, 11) is -3.67. The molecule has 0 atom stereocenters. The van der Waals surface area contributed by atoms with Crippen molar-refractivity contribution in [2.24, 2.45) is 5.73 Å². The third-order valence-corrected chi connectivity index (χ3v) is 1.28. The zero-order chi connectivity index (χ0) is 12.2. The number of amides is 1. The quantitative estimate of drug-likeness (QED) is 0.656. The first-order chi connectivity index (χ1) is 6.63. The summed E-state index contributed by atoms with van der Waals surface area (Å²) >= 11 is 0. The van der Waals surface area contributed by atoms with E-state index in [-0.39, 0.29) is 0 Å². The smallest absolute Gasteiger partial charge is 0.261 e. The minimum absolute atomic E-state index is 0.389. The van der Waals surface area contributed by atoms with Gasteiger partial charge >= 0.3 is 0 Å². The number of aryl methyl sites for hydroxylation is 2. The zero-order valence-electron chi connectivity index (χ0n) is 8.51. The Morgan fingerprint density at radius 1 is 1.47 bits per heavy atom. The van der Waals surface area contributed by atoms with E-state index in [1.54, 1.807) is 13.8 Å². The van der Waals surface area contributed by atoms with Crippen LogP contribution < -0.4 is 5.73 Å². The summed E-state index contributed by atoms with van der Waals surface area (Å²) in [5.41, 5.74) is 5.96. The number of hydrogen-bond donors (Lipinski definition) is 2. The van der Waals surface area contributed by atoms with Crippen LogP contribution in [-0.4, -0.2) is 30.3 Å². The van der Waals surface area contributed by atoms with Gasteiger partial charge in [-0.05, 0) is 13.8 Å². The Balaban J connectivity index is 0.000000336. The van der Waals surface area contributed by atoms with Crippen molar-refractivity contribution in [2.45, 2.75) is 13.8 Å². The lowest BCUT2D eigenvalue weighted by molar-refractivity contribution is 0.0998. The van der Waals surface area contributed by atoms with Crippen LogP contribution in [0.5, 0.6) is 0 Å². The van der Waals surface area contributed by atoms with Crippen molar-refractivity contribution >= 4 is 16.0 Å². The Morgan fingerprint density at radius 3 is 2.00 bits per heavy atom. The van der Waals surface area contributed by atoms with Crippen LogP contribution in [0.3, 0.4) is 0 Å². The molecule has 1 rings (SSSR count). The van der Waals surface area contributed by atoms with E-state index >= 15 is 0 Å². The molecule has 0 bridgehead atoms. The minimum Gasteiger partial charge on any atom is -0.365 e. The third kappa shape index (κ3) is 5.81. The molecule has 1 aromatic rings. The fourth-order valence-electron chi connectivity index (χ4n) is 0.835. The molecule has 1 amide bonds. The molecular weight excluding hydrogens is 224 g/mol. The van der Waals surface area contributed by atoms with Crippen molar-refractivity contribution in [3.8, 4) is 0 Å². The summed E-state index contributed by atoms with van der Waals surface area (Å²) in [4.78, 5) is 10.6. The highest BCUT2D eigenvalue weighted by molar-refractivity contribution is 7.85. The first-order valence-electron chi connectivity index (χ1n) is 3.78. The molecule has 0 saturated heterocycles. The van der Waals surface area contributed by atoms with Crippen LogP contribution in [0.4, 0.5) is 0 Å². The first-order valence-corrected chi connectivity index (χ1v) is 5.63. The standard InChI is InChI=1S/C6H8N2O2.CH4O3S/c1-3-5(6(7)9)4(2)10-8-3;1-5(2,3)4/h1-2H3,(H2,7,9);1H3,(H,2,3,4). The zero-order valence-corrected chi connectivity index (χ0v) is 9.33. The van der Waals surface area contributed by atoms with Gasteiger partial charge in [-0.3, -0.25) is 9.35 Å². The summed E-state index contributed by atoms with van der Waals surface area (Å²) in [6, 6.07) is 0. The number of hydrogen-bond acceptors (Lipinski definition) is 5. The summed E-state index contributed by atoms with van der Waals surface area (Å²) in [6.07, 6.45) is 0.715. The molecule has 0 fully saturated rings. The van der Waals surface area contributed by atoms with Crippen molar-refractivity contribution in [3.05, 3.63) is 17.0 Å². The monoisotopic (exact) mass is 236 g/mol. The van der Waals surface area contributed by atoms with Gasteiger partial charge in [0.25, 0.3) is 16.0 Å². The second-order valence-corrected chi connectivity index (χ2v) is 4.26. The van der Waals surface area contributed by atoms with Crippen LogP contribution in [0, 0.1) is 13.8 Å². The van der Waals surface area contributed by atoms with E-state index in [9.17, 15) is 13.2 Å². The first kappa shape index (κ1) is 13.6. The third-order valence-electron chi connectivity index (χ3n) is 1.28. The Bertz CT molecular complexity index is 420. The van der Waals surface area contributed by atoms with Crippen molar-refractivity contribution in [2.75, 3.05) is 6.26 Å². The number of nitrogens with two attached hydrogens (primary N) is 1. The van der Waals surface area contributed by atoms with Crippen molar-refractivity contribution in [1.82, 2.24) is 5.16 Å². The summed E-state index contributed by atoms with van der Waals surface area (Å²) in [5.74, 6) is -0.0127.